The van der Waals surface area contributed by atoms with Gasteiger partial charge in [0.15, 0.2) is 0 Å². The Balaban J connectivity index is 1.66. The number of nitrogens with one attached hydrogen (secondary N) is 1. The van der Waals surface area contributed by atoms with E-state index in [9.17, 15) is 9.90 Å². The molecule has 5 rings (SSSR count). The average molecular weight is 398 g/mol. The lowest BCUT2D eigenvalue weighted by molar-refractivity contribution is -0.142. The van der Waals surface area contributed by atoms with Gasteiger partial charge in [0.25, 0.3) is 0 Å². The minimum absolute atomic E-state index is 0.380. The van der Waals surface area contributed by atoms with E-state index in [1.54, 1.807) is 6.92 Å². The third kappa shape index (κ3) is 2.91. The number of ether oxygens (including phenoxy) is 1. The van der Waals surface area contributed by atoms with Gasteiger partial charge < -0.3 is 20.6 Å². The molecule has 1 heterocycles. The zero-order valence-electron chi connectivity index (χ0n) is 16.5. The van der Waals surface area contributed by atoms with E-state index >= 15 is 0 Å². The maximum atomic E-state index is 11.4. The summed E-state index contributed by atoms with van der Waals surface area (Å²) < 4.78 is 6.31. The summed E-state index contributed by atoms with van der Waals surface area (Å²) in [6.07, 6.45) is 0.905. The summed E-state index contributed by atoms with van der Waals surface area (Å²) in [5, 5.41) is 10.5. The summed E-state index contributed by atoms with van der Waals surface area (Å²) >= 11 is 0. The molecule has 5 nitrogen and oxygen atoms in total. The highest BCUT2D eigenvalue weighted by Crippen LogP contribution is 2.49. The molecule has 3 atom stereocenters. The molecule has 0 radical (unpaired) electrons. The van der Waals surface area contributed by atoms with Gasteiger partial charge in [-0.2, -0.15) is 0 Å². The Morgan fingerprint density at radius 2 is 1.80 bits per heavy atom. The summed E-state index contributed by atoms with van der Waals surface area (Å²) in [5.74, 6) is -1.07. The van der Waals surface area contributed by atoms with E-state index in [-0.39, 0.29) is 6.10 Å². The van der Waals surface area contributed by atoms with Crippen molar-refractivity contribution in [2.45, 2.75) is 25.2 Å². The fraction of sp³-hybridized carbons (Fsp3) is 0.160. The average Bonchev–Trinajstić information content (AvgIpc) is 3.35. The summed E-state index contributed by atoms with van der Waals surface area (Å²) in [7, 11) is 0. The van der Waals surface area contributed by atoms with E-state index in [4.69, 9.17) is 10.5 Å². The maximum Gasteiger partial charge on any atom is 0.323 e. The van der Waals surface area contributed by atoms with Crippen molar-refractivity contribution in [1.82, 2.24) is 4.98 Å². The van der Waals surface area contributed by atoms with Crippen LogP contribution < -0.4 is 5.73 Å². The van der Waals surface area contributed by atoms with Crippen molar-refractivity contribution in [3.8, 4) is 22.3 Å². The molecule has 30 heavy (non-hydrogen) atoms. The first kappa shape index (κ1) is 18.6. The molecule has 1 aliphatic carbocycles. The van der Waals surface area contributed by atoms with Crippen molar-refractivity contribution in [3.63, 3.8) is 0 Å². The van der Waals surface area contributed by atoms with Crippen molar-refractivity contribution >= 4 is 16.9 Å². The van der Waals surface area contributed by atoms with Crippen LogP contribution in [-0.2, 0) is 9.53 Å². The van der Waals surface area contributed by atoms with E-state index in [2.05, 4.69) is 53.5 Å². The number of carbonyl (C=O) groups is 1. The zero-order valence-corrected chi connectivity index (χ0v) is 16.5. The lowest BCUT2D eigenvalue weighted by Gasteiger charge is -2.24. The number of H-pyrrole nitrogens is 1. The first-order chi connectivity index (χ1) is 14.5. The molecule has 0 bridgehead atoms. The number of aromatic nitrogens is 1. The molecule has 4 N–H and O–H groups in total. The molecule has 0 aliphatic heterocycles. The molecule has 1 unspecified atom stereocenters. The second kappa shape index (κ2) is 7.13. The van der Waals surface area contributed by atoms with Crippen LogP contribution in [0.2, 0.25) is 0 Å². The Hall–Kier alpha value is -3.41. The van der Waals surface area contributed by atoms with Gasteiger partial charge in [-0.3, -0.25) is 4.79 Å². The van der Waals surface area contributed by atoms with Gasteiger partial charge in [-0.05, 0) is 58.3 Å². The standard InChI is InChI=1S/C25H22N2O3/c1-14(23(26)25(28)29)30-24-20-6-3-2-5-18(20)19-8-4-7-17(22(19)24)15-9-10-21-16(13-15)11-12-27-21/h2-14,23-24,27H,26H2,1H3,(H,28,29)/t14-,23+,24?/m1/s1. The highest BCUT2D eigenvalue weighted by Gasteiger charge is 2.34. The fourth-order valence-corrected chi connectivity index (χ4v) is 4.32. The number of hydrogen-bond donors (Lipinski definition) is 3. The molecule has 3 aromatic carbocycles. The third-order valence-corrected chi connectivity index (χ3v) is 5.91. The van der Waals surface area contributed by atoms with Gasteiger partial charge in [0.05, 0.1) is 6.10 Å². The number of aliphatic carboxylic acids is 1. The highest BCUT2D eigenvalue weighted by molar-refractivity contribution is 5.90. The van der Waals surface area contributed by atoms with Crippen molar-refractivity contribution in [2.24, 2.45) is 5.73 Å². The van der Waals surface area contributed by atoms with Crippen molar-refractivity contribution in [1.29, 1.82) is 0 Å². The lowest BCUT2D eigenvalue weighted by Crippen LogP contribution is -2.42. The Kier molecular flexibility index (Phi) is 4.42. The van der Waals surface area contributed by atoms with Crippen LogP contribution in [0.5, 0.6) is 0 Å². The number of carboxylic acid groups (broad SMARTS) is 1. The summed E-state index contributed by atoms with van der Waals surface area (Å²) in [6.45, 7) is 1.72. The minimum atomic E-state index is -1.09. The predicted molar refractivity (Wildman–Crippen MR) is 117 cm³/mol. The molecule has 0 spiro atoms. The second-order valence-electron chi connectivity index (χ2n) is 7.72. The number of carboxylic acids is 1. The Labute approximate surface area is 174 Å². The molecule has 150 valence electrons. The molecule has 1 aromatic heterocycles. The van der Waals surface area contributed by atoms with E-state index in [0.29, 0.717) is 0 Å². The SMILES string of the molecule is C[C@@H](OC1c2ccccc2-c2cccc(-c3ccc4[nH]ccc4c3)c21)[C@H](N)C(=O)O. The third-order valence-electron chi connectivity index (χ3n) is 5.91. The normalized spacial score (nSPS) is 16.8. The Morgan fingerprint density at radius 1 is 1.03 bits per heavy atom. The fourth-order valence-electron chi connectivity index (χ4n) is 4.32. The zero-order chi connectivity index (χ0) is 20.8. The van der Waals surface area contributed by atoms with Crippen LogP contribution in [0, 0.1) is 0 Å². The topological polar surface area (TPSA) is 88.3 Å². The van der Waals surface area contributed by atoms with Crippen LogP contribution in [0.15, 0.2) is 72.9 Å². The summed E-state index contributed by atoms with van der Waals surface area (Å²) in [6, 6.07) is 21.7. The minimum Gasteiger partial charge on any atom is -0.480 e. The number of rotatable bonds is 5. The highest BCUT2D eigenvalue weighted by atomic mass is 16.5. The molecule has 4 aromatic rings. The van der Waals surface area contributed by atoms with Crippen LogP contribution in [0.1, 0.15) is 24.2 Å². The van der Waals surface area contributed by atoms with Crippen LogP contribution >= 0.6 is 0 Å². The van der Waals surface area contributed by atoms with Gasteiger partial charge in [0.2, 0.25) is 0 Å². The van der Waals surface area contributed by atoms with Crippen molar-refractivity contribution in [2.75, 3.05) is 0 Å². The summed E-state index contributed by atoms with van der Waals surface area (Å²) in [4.78, 5) is 14.6. The van der Waals surface area contributed by atoms with E-state index in [1.165, 1.54) is 0 Å². The summed E-state index contributed by atoms with van der Waals surface area (Å²) in [5.41, 5.74) is 13.4. The molecule has 0 amide bonds. The van der Waals surface area contributed by atoms with Crippen LogP contribution in [-0.4, -0.2) is 28.2 Å². The largest absolute Gasteiger partial charge is 0.480 e. The molecular weight excluding hydrogens is 376 g/mol. The van der Waals surface area contributed by atoms with Gasteiger partial charge in [-0.15, -0.1) is 0 Å². The number of hydrogen-bond acceptors (Lipinski definition) is 3. The number of fused-ring (bicyclic) bond motifs is 4. The monoisotopic (exact) mass is 398 g/mol. The molecular formula is C25H22N2O3. The molecule has 0 fully saturated rings. The first-order valence-corrected chi connectivity index (χ1v) is 9.98. The molecule has 0 saturated carbocycles. The van der Waals surface area contributed by atoms with Gasteiger partial charge in [0, 0.05) is 17.3 Å². The maximum absolute atomic E-state index is 11.4. The van der Waals surface area contributed by atoms with Gasteiger partial charge in [-0.25, -0.2) is 0 Å². The quantitative estimate of drug-likeness (QED) is 0.454. The van der Waals surface area contributed by atoms with E-state index in [0.717, 1.165) is 44.3 Å². The number of aromatic amines is 1. The van der Waals surface area contributed by atoms with E-state index in [1.807, 2.05) is 24.4 Å². The van der Waals surface area contributed by atoms with Crippen LogP contribution in [0.3, 0.4) is 0 Å². The Morgan fingerprint density at radius 3 is 2.63 bits per heavy atom. The lowest BCUT2D eigenvalue weighted by atomic mass is 9.94. The van der Waals surface area contributed by atoms with Crippen LogP contribution in [0.25, 0.3) is 33.2 Å². The van der Waals surface area contributed by atoms with Crippen molar-refractivity contribution in [3.05, 3.63) is 84.1 Å². The van der Waals surface area contributed by atoms with Crippen LogP contribution in [0.4, 0.5) is 0 Å². The molecule has 0 saturated heterocycles. The smallest absolute Gasteiger partial charge is 0.323 e. The number of benzene rings is 3. The predicted octanol–water partition coefficient (Wildman–Crippen LogP) is 4.72. The molecule has 1 aliphatic rings. The molecule has 5 heteroatoms. The van der Waals surface area contributed by atoms with Gasteiger partial charge >= 0.3 is 5.97 Å². The van der Waals surface area contributed by atoms with Crippen molar-refractivity contribution < 1.29 is 14.6 Å². The van der Waals surface area contributed by atoms with Gasteiger partial charge in [-0.1, -0.05) is 48.5 Å². The Bertz CT molecular complexity index is 1260. The number of nitrogens with two attached hydrogens (primary N) is 1. The first-order valence-electron chi connectivity index (χ1n) is 9.98. The van der Waals surface area contributed by atoms with Gasteiger partial charge in [0.1, 0.15) is 12.1 Å². The second-order valence-corrected chi connectivity index (χ2v) is 7.72. The van der Waals surface area contributed by atoms with E-state index < -0.39 is 18.1 Å².